The zero-order chi connectivity index (χ0) is 26.7. The van der Waals surface area contributed by atoms with Gasteiger partial charge >= 0.3 is 5.97 Å². The minimum absolute atomic E-state index is 0.0201. The van der Waals surface area contributed by atoms with E-state index in [2.05, 4.69) is 6.58 Å². The maximum Gasteiger partial charge on any atom is 0.305 e. The minimum atomic E-state index is -4.13. The fraction of sp³-hybridized carbons (Fsp3) is 0.464. The molecule has 0 radical (unpaired) electrons. The molecule has 0 N–H and O–H groups in total. The summed E-state index contributed by atoms with van der Waals surface area (Å²) in [5.74, 6) is -0.289. The zero-order valence-corrected chi connectivity index (χ0v) is 22.7. The third-order valence-electron chi connectivity index (χ3n) is 6.41. The Morgan fingerprint density at radius 2 is 1.41 bits per heavy atom. The van der Waals surface area contributed by atoms with Crippen molar-refractivity contribution in [2.24, 2.45) is 0 Å². The van der Waals surface area contributed by atoms with Crippen molar-refractivity contribution >= 4 is 25.6 Å². The number of ether oxygens (including phenoxy) is 2. The molecule has 2 aromatic rings. The van der Waals surface area contributed by atoms with Gasteiger partial charge in [0.15, 0.2) is 24.3 Å². The first-order valence-corrected chi connectivity index (χ1v) is 15.9. The van der Waals surface area contributed by atoms with Crippen LogP contribution in [0.25, 0.3) is 0 Å². The van der Waals surface area contributed by atoms with Crippen molar-refractivity contribution in [2.75, 3.05) is 6.61 Å². The molecule has 3 rings (SSSR count). The lowest BCUT2D eigenvalue weighted by Gasteiger charge is -2.18. The summed E-state index contributed by atoms with van der Waals surface area (Å²) in [7, 11) is -8.26. The molecule has 1 aliphatic heterocycles. The number of sulfone groups is 2. The molecule has 0 amide bonds. The second-order valence-corrected chi connectivity index (χ2v) is 13.7. The normalized spacial score (nSPS) is 17.4. The van der Waals surface area contributed by atoms with Gasteiger partial charge in [0.05, 0.1) is 22.5 Å². The molecule has 37 heavy (non-hydrogen) atoms. The molecule has 1 saturated heterocycles. The Balaban J connectivity index is 1.44. The highest BCUT2D eigenvalue weighted by Gasteiger charge is 2.39. The lowest BCUT2D eigenvalue weighted by atomic mass is 10.1. The van der Waals surface area contributed by atoms with Crippen LogP contribution in [0.5, 0.6) is 0 Å². The Bertz CT molecular complexity index is 1140. The van der Waals surface area contributed by atoms with Crippen LogP contribution in [-0.2, 0) is 33.9 Å². The molecule has 0 bridgehead atoms. The summed E-state index contributed by atoms with van der Waals surface area (Å²) in [6, 6.07) is 15.3. The van der Waals surface area contributed by atoms with E-state index in [-0.39, 0.29) is 34.7 Å². The van der Waals surface area contributed by atoms with Crippen molar-refractivity contribution in [3.05, 3.63) is 73.3 Å². The predicted octanol–water partition coefficient (Wildman–Crippen LogP) is 5.27. The maximum absolute atomic E-state index is 13.3. The molecule has 202 valence electrons. The second kappa shape index (κ2) is 13.9. The van der Waals surface area contributed by atoms with Crippen molar-refractivity contribution < 1.29 is 31.1 Å². The lowest BCUT2D eigenvalue weighted by Crippen LogP contribution is -2.31. The number of carbonyl (C=O) groups is 1. The van der Waals surface area contributed by atoms with E-state index in [1.54, 1.807) is 36.4 Å². The molecule has 0 aliphatic carbocycles. The summed E-state index contributed by atoms with van der Waals surface area (Å²) in [6.45, 7) is 4.08. The van der Waals surface area contributed by atoms with E-state index in [1.165, 1.54) is 24.3 Å². The van der Waals surface area contributed by atoms with Crippen molar-refractivity contribution in [1.82, 2.24) is 0 Å². The summed E-state index contributed by atoms with van der Waals surface area (Å²) in [4.78, 5) is 12.0. The van der Waals surface area contributed by atoms with Gasteiger partial charge in [0.1, 0.15) is 6.10 Å². The van der Waals surface area contributed by atoms with Crippen molar-refractivity contribution in [2.45, 2.75) is 84.4 Å². The van der Waals surface area contributed by atoms with Gasteiger partial charge in [0.2, 0.25) is 0 Å². The maximum atomic E-state index is 13.3. The van der Waals surface area contributed by atoms with Crippen LogP contribution in [0, 0.1) is 0 Å². The van der Waals surface area contributed by atoms with E-state index >= 15 is 0 Å². The topological polar surface area (TPSA) is 107 Å². The van der Waals surface area contributed by atoms with Crippen LogP contribution >= 0.6 is 0 Å². The number of esters is 1. The van der Waals surface area contributed by atoms with Crippen LogP contribution in [0.1, 0.15) is 57.8 Å². The second-order valence-electron chi connectivity index (χ2n) is 9.19. The quantitative estimate of drug-likeness (QED) is 0.115. The van der Waals surface area contributed by atoms with Crippen LogP contribution in [0.15, 0.2) is 83.1 Å². The van der Waals surface area contributed by atoms with Gasteiger partial charge in [0.25, 0.3) is 0 Å². The first-order valence-electron chi connectivity index (χ1n) is 12.8. The summed E-state index contributed by atoms with van der Waals surface area (Å²) in [5, 5.41) is 0. The van der Waals surface area contributed by atoms with Crippen molar-refractivity contribution in [3.8, 4) is 0 Å². The Morgan fingerprint density at radius 3 is 1.95 bits per heavy atom. The van der Waals surface area contributed by atoms with Crippen LogP contribution in [0.4, 0.5) is 0 Å². The number of benzene rings is 2. The monoisotopic (exact) mass is 548 g/mol. The molecule has 0 spiro atoms. The fourth-order valence-corrected chi connectivity index (χ4v) is 8.87. The Kier molecular flexibility index (Phi) is 10.9. The number of rotatable bonds is 17. The molecule has 2 unspecified atom stereocenters. The standard InChI is InChI=1S/C28H36O7S2/c1-2-25-26(35-25)19-11-6-14-22-34-27(29)20-12-5-13-21-28(36(30,31)23-15-7-3-8-16-23)37(32,33)24-17-9-4-10-18-24/h2-4,7-10,15-18,25-26,28H,1,5-6,11-14,19-22H2. The third-order valence-corrected chi connectivity index (χ3v) is 11.6. The Labute approximate surface area is 220 Å². The van der Waals surface area contributed by atoms with Gasteiger partial charge in [-0.05, 0) is 56.4 Å². The SMILES string of the molecule is C=CC1OC1CCCCCOC(=O)CCCCCC(S(=O)(=O)c1ccccc1)S(=O)(=O)c1ccccc1. The molecule has 1 fully saturated rings. The Hall–Kier alpha value is -2.49. The first-order chi connectivity index (χ1) is 17.8. The van der Waals surface area contributed by atoms with Crippen LogP contribution < -0.4 is 0 Å². The fourth-order valence-electron chi connectivity index (χ4n) is 4.24. The van der Waals surface area contributed by atoms with Crippen LogP contribution in [-0.4, -0.2) is 46.2 Å². The molecule has 1 aliphatic rings. The molecule has 1 heterocycles. The highest BCUT2D eigenvalue weighted by molar-refractivity contribution is 8.09. The molecule has 7 nitrogen and oxygen atoms in total. The Morgan fingerprint density at radius 1 is 0.838 bits per heavy atom. The summed E-state index contributed by atoms with van der Waals surface area (Å²) in [5.41, 5.74) is 0. The first kappa shape index (κ1) is 29.1. The molecule has 9 heteroatoms. The predicted molar refractivity (Wildman–Crippen MR) is 142 cm³/mol. The van der Waals surface area contributed by atoms with E-state index in [4.69, 9.17) is 9.47 Å². The minimum Gasteiger partial charge on any atom is -0.466 e. The lowest BCUT2D eigenvalue weighted by molar-refractivity contribution is -0.143. The molecular formula is C28H36O7S2. The number of carbonyl (C=O) groups excluding carboxylic acids is 1. The molecule has 2 atom stereocenters. The molecule has 0 aromatic heterocycles. The average molecular weight is 549 g/mol. The molecule has 2 aromatic carbocycles. The van der Waals surface area contributed by atoms with E-state index in [1.807, 2.05) is 6.08 Å². The third kappa shape index (κ3) is 8.51. The van der Waals surface area contributed by atoms with Gasteiger partial charge in [-0.15, -0.1) is 6.58 Å². The van der Waals surface area contributed by atoms with Gasteiger partial charge in [-0.3, -0.25) is 4.79 Å². The van der Waals surface area contributed by atoms with E-state index < -0.39 is 24.3 Å². The highest BCUT2D eigenvalue weighted by Crippen LogP contribution is 2.30. The zero-order valence-electron chi connectivity index (χ0n) is 21.0. The van der Waals surface area contributed by atoms with Gasteiger partial charge in [-0.1, -0.05) is 61.7 Å². The van der Waals surface area contributed by atoms with Crippen LogP contribution in [0.3, 0.4) is 0 Å². The highest BCUT2D eigenvalue weighted by atomic mass is 32.3. The average Bonchev–Trinajstić information content (AvgIpc) is 3.67. The number of unbranched alkanes of at least 4 members (excludes halogenated alkanes) is 4. The largest absolute Gasteiger partial charge is 0.466 e. The summed E-state index contributed by atoms with van der Waals surface area (Å²) < 4.78 is 62.4. The van der Waals surface area contributed by atoms with E-state index in [0.717, 1.165) is 25.7 Å². The van der Waals surface area contributed by atoms with Crippen molar-refractivity contribution in [3.63, 3.8) is 0 Å². The summed E-state index contributed by atoms with van der Waals surface area (Å²) in [6.07, 6.45) is 7.63. The van der Waals surface area contributed by atoms with Gasteiger partial charge in [-0.25, -0.2) is 16.8 Å². The molecular weight excluding hydrogens is 512 g/mol. The van der Waals surface area contributed by atoms with Crippen molar-refractivity contribution in [1.29, 1.82) is 0 Å². The van der Waals surface area contributed by atoms with E-state index in [0.29, 0.717) is 32.0 Å². The summed E-state index contributed by atoms with van der Waals surface area (Å²) >= 11 is 0. The van der Waals surface area contributed by atoms with Gasteiger partial charge in [0, 0.05) is 6.42 Å². The van der Waals surface area contributed by atoms with E-state index in [9.17, 15) is 21.6 Å². The van der Waals surface area contributed by atoms with Crippen LogP contribution in [0.2, 0.25) is 0 Å². The smallest absolute Gasteiger partial charge is 0.305 e. The number of hydrogen-bond acceptors (Lipinski definition) is 7. The number of epoxide rings is 1. The number of hydrogen-bond donors (Lipinski definition) is 0. The van der Waals surface area contributed by atoms with Gasteiger partial charge in [-0.2, -0.15) is 0 Å². The van der Waals surface area contributed by atoms with Gasteiger partial charge < -0.3 is 9.47 Å². The molecule has 0 saturated carbocycles.